The van der Waals surface area contributed by atoms with Crippen LogP contribution in [0.15, 0.2) is 194 Å². The minimum absolute atomic E-state index is 0.420. The van der Waals surface area contributed by atoms with E-state index in [2.05, 4.69) is 206 Å². The third kappa shape index (κ3) is 4.50. The van der Waals surface area contributed by atoms with E-state index in [0.717, 1.165) is 98.6 Å². The number of hydrogen-bond acceptors (Lipinski definition) is 2. The Bertz CT molecular complexity index is 3840. The fourth-order valence-corrected chi connectivity index (χ4v) is 10.4. The van der Waals surface area contributed by atoms with Crippen LogP contribution in [0.3, 0.4) is 0 Å². The van der Waals surface area contributed by atoms with E-state index in [4.69, 9.17) is 0 Å². The summed E-state index contributed by atoms with van der Waals surface area (Å²) in [7, 11) is 0. The lowest BCUT2D eigenvalue weighted by molar-refractivity contribution is 1.12. The van der Waals surface area contributed by atoms with Gasteiger partial charge in [0.05, 0.1) is 66.6 Å². The number of rotatable bonds is 4. The number of nitrogens with zero attached hydrogens (tertiary/aromatic N) is 6. The topological polar surface area (TPSA) is 67.3 Å². The average molecular weight is 789 g/mol. The first-order chi connectivity index (χ1) is 30.7. The molecule has 13 rings (SSSR count). The molecule has 13 aromatic rings. The second kappa shape index (κ2) is 12.8. The quantitative estimate of drug-likeness (QED) is 0.178. The molecule has 0 saturated carbocycles. The van der Waals surface area contributed by atoms with Crippen molar-refractivity contribution in [1.82, 2.24) is 18.3 Å². The molecule has 0 atom stereocenters. The molecule has 6 heteroatoms. The minimum atomic E-state index is 0.420. The van der Waals surface area contributed by atoms with Gasteiger partial charge in [0.2, 0.25) is 0 Å². The minimum Gasteiger partial charge on any atom is -0.309 e. The summed E-state index contributed by atoms with van der Waals surface area (Å²) in [6.07, 6.45) is 0. The van der Waals surface area contributed by atoms with Crippen molar-refractivity contribution >= 4 is 87.2 Å². The lowest BCUT2D eigenvalue weighted by Crippen LogP contribution is -2.04. The Morgan fingerprint density at radius 3 is 1.05 bits per heavy atom. The summed E-state index contributed by atoms with van der Waals surface area (Å²) < 4.78 is 9.19. The highest BCUT2D eigenvalue weighted by molar-refractivity contribution is 6.28. The van der Waals surface area contributed by atoms with Crippen LogP contribution in [0, 0.1) is 22.7 Å². The lowest BCUT2D eigenvalue weighted by atomic mass is 10.0. The summed E-state index contributed by atoms with van der Waals surface area (Å²) in [4.78, 5) is 0. The zero-order chi connectivity index (χ0) is 41.1. The molecule has 0 aliphatic carbocycles. The zero-order valence-electron chi connectivity index (χ0n) is 33.2. The van der Waals surface area contributed by atoms with Gasteiger partial charge in [-0.25, -0.2) is 0 Å². The number of aromatic nitrogens is 4. The molecular formula is C56H32N6. The zero-order valence-corrected chi connectivity index (χ0v) is 33.2. The summed E-state index contributed by atoms with van der Waals surface area (Å²) in [6.45, 7) is 0. The molecule has 0 unspecified atom stereocenters. The van der Waals surface area contributed by atoms with Crippen LogP contribution in [0.25, 0.3) is 110 Å². The second-order valence-electron chi connectivity index (χ2n) is 15.9. The maximum absolute atomic E-state index is 11.1. The van der Waals surface area contributed by atoms with E-state index in [9.17, 15) is 10.5 Å². The number of fused-ring (bicyclic) bond motifs is 14. The largest absolute Gasteiger partial charge is 0.309 e. The summed E-state index contributed by atoms with van der Waals surface area (Å²) >= 11 is 0. The summed E-state index contributed by atoms with van der Waals surface area (Å²) in [5.41, 5.74) is 12.7. The smallest absolute Gasteiger partial charge is 0.101 e. The maximum atomic E-state index is 11.1. The highest BCUT2D eigenvalue weighted by atomic mass is 15.0. The van der Waals surface area contributed by atoms with Crippen LogP contribution < -0.4 is 0 Å². The molecular weight excluding hydrogens is 757 g/mol. The Hall–Kier alpha value is -8.84. The summed E-state index contributed by atoms with van der Waals surface area (Å²) in [5, 5.41) is 30.9. The van der Waals surface area contributed by atoms with Crippen molar-refractivity contribution in [2.75, 3.05) is 0 Å². The van der Waals surface area contributed by atoms with E-state index in [0.29, 0.717) is 22.5 Å². The first-order valence-corrected chi connectivity index (χ1v) is 20.7. The predicted octanol–water partition coefficient (Wildman–Crippen LogP) is 13.8. The molecule has 9 aromatic carbocycles. The van der Waals surface area contributed by atoms with Gasteiger partial charge in [-0.15, -0.1) is 0 Å². The molecule has 0 aliphatic rings. The van der Waals surface area contributed by atoms with Crippen molar-refractivity contribution in [1.29, 1.82) is 10.5 Å². The maximum Gasteiger partial charge on any atom is 0.101 e. The van der Waals surface area contributed by atoms with E-state index in [1.165, 1.54) is 0 Å². The van der Waals surface area contributed by atoms with Crippen molar-refractivity contribution in [3.05, 3.63) is 205 Å². The molecule has 0 N–H and O–H groups in total. The normalized spacial score (nSPS) is 11.8. The molecule has 0 saturated heterocycles. The molecule has 0 fully saturated rings. The average Bonchev–Trinajstić information content (AvgIpc) is 4.06. The Morgan fingerprint density at radius 1 is 0.290 bits per heavy atom. The first kappa shape index (κ1) is 34.1. The SMILES string of the molecule is N#Cc1cc(C#N)c(-n2c3ccccc3c3ccc4c(c5ccccc5n4-c4ccccc4)c32)cc1-n1c2ccccc2c2ccc3c(c4ccccc4n3-c3ccccc3)c21. The summed E-state index contributed by atoms with van der Waals surface area (Å²) in [5.74, 6) is 0. The summed E-state index contributed by atoms with van der Waals surface area (Å²) in [6, 6.07) is 72.8. The van der Waals surface area contributed by atoms with Crippen molar-refractivity contribution < 1.29 is 0 Å². The van der Waals surface area contributed by atoms with Crippen LogP contribution in [0.4, 0.5) is 0 Å². The molecule has 62 heavy (non-hydrogen) atoms. The van der Waals surface area contributed by atoms with Gasteiger partial charge >= 0.3 is 0 Å². The van der Waals surface area contributed by atoms with Gasteiger partial charge in [0.15, 0.2) is 0 Å². The molecule has 4 heterocycles. The molecule has 286 valence electrons. The van der Waals surface area contributed by atoms with Crippen molar-refractivity contribution in [2.45, 2.75) is 0 Å². The van der Waals surface area contributed by atoms with Gasteiger partial charge in [0.25, 0.3) is 0 Å². The Balaban J connectivity index is 1.20. The van der Waals surface area contributed by atoms with Gasteiger partial charge in [-0.05, 0) is 72.8 Å². The molecule has 4 aromatic heterocycles. The van der Waals surface area contributed by atoms with Gasteiger partial charge in [0.1, 0.15) is 12.1 Å². The van der Waals surface area contributed by atoms with Crippen LogP contribution in [0.1, 0.15) is 11.1 Å². The van der Waals surface area contributed by atoms with E-state index >= 15 is 0 Å². The van der Waals surface area contributed by atoms with Gasteiger partial charge in [-0.2, -0.15) is 10.5 Å². The Morgan fingerprint density at radius 2 is 0.645 bits per heavy atom. The van der Waals surface area contributed by atoms with E-state index < -0.39 is 0 Å². The third-order valence-electron chi connectivity index (χ3n) is 12.8. The second-order valence-corrected chi connectivity index (χ2v) is 15.9. The van der Waals surface area contributed by atoms with Gasteiger partial charge in [0, 0.05) is 54.5 Å². The van der Waals surface area contributed by atoms with Crippen LogP contribution in [-0.2, 0) is 0 Å². The molecule has 0 bridgehead atoms. The monoisotopic (exact) mass is 788 g/mol. The highest BCUT2D eigenvalue weighted by Crippen LogP contribution is 2.45. The van der Waals surface area contributed by atoms with Gasteiger partial charge < -0.3 is 18.3 Å². The van der Waals surface area contributed by atoms with Crippen molar-refractivity contribution in [3.8, 4) is 34.9 Å². The molecule has 0 radical (unpaired) electrons. The molecule has 0 amide bonds. The number of benzene rings is 9. The molecule has 6 nitrogen and oxygen atoms in total. The van der Waals surface area contributed by atoms with Crippen LogP contribution >= 0.6 is 0 Å². The highest BCUT2D eigenvalue weighted by Gasteiger charge is 2.26. The standard InChI is InChI=1S/C56H32N6/c57-33-35-31-36(34-58)52(62-46-24-12-8-20-40(46)42-28-30-50-54(56(42)62)44-22-10-14-26-48(44)60(50)38-17-5-2-6-18-38)32-51(35)61-45-23-11-7-19-39(45)41-27-29-49-53(55(41)61)43-21-9-13-25-47(43)59(49)37-15-3-1-4-16-37/h1-32H. The Labute approximate surface area is 354 Å². The first-order valence-electron chi connectivity index (χ1n) is 20.7. The van der Waals surface area contributed by atoms with Gasteiger partial charge in [-0.3, -0.25) is 0 Å². The van der Waals surface area contributed by atoms with Crippen molar-refractivity contribution in [3.63, 3.8) is 0 Å². The molecule has 0 aliphatic heterocycles. The van der Waals surface area contributed by atoms with E-state index in [1.807, 2.05) is 12.1 Å². The third-order valence-corrected chi connectivity index (χ3v) is 12.8. The van der Waals surface area contributed by atoms with E-state index in [1.54, 1.807) is 6.07 Å². The van der Waals surface area contributed by atoms with Crippen LogP contribution in [0.2, 0.25) is 0 Å². The van der Waals surface area contributed by atoms with Crippen LogP contribution in [0.5, 0.6) is 0 Å². The van der Waals surface area contributed by atoms with E-state index in [-0.39, 0.29) is 0 Å². The van der Waals surface area contributed by atoms with Crippen molar-refractivity contribution in [2.24, 2.45) is 0 Å². The number of para-hydroxylation sites is 6. The number of nitriles is 2. The number of hydrogen-bond donors (Lipinski definition) is 0. The fraction of sp³-hybridized carbons (Fsp3) is 0. The van der Waals surface area contributed by atoms with Crippen LogP contribution in [-0.4, -0.2) is 18.3 Å². The molecule has 0 spiro atoms. The predicted molar refractivity (Wildman–Crippen MR) is 253 cm³/mol. The van der Waals surface area contributed by atoms with Gasteiger partial charge in [-0.1, -0.05) is 121 Å². The lowest BCUT2D eigenvalue weighted by Gasteiger charge is -2.17. The fourth-order valence-electron chi connectivity index (χ4n) is 10.4. The Kier molecular flexibility index (Phi) is 7.05.